The van der Waals surface area contributed by atoms with Gasteiger partial charge in [-0.1, -0.05) is 77.4 Å². The van der Waals surface area contributed by atoms with Gasteiger partial charge in [-0.05, 0) is 120 Å². The van der Waals surface area contributed by atoms with Gasteiger partial charge in [0, 0.05) is 56.0 Å². The van der Waals surface area contributed by atoms with Crippen LogP contribution in [0.5, 0.6) is 0 Å². The summed E-state index contributed by atoms with van der Waals surface area (Å²) in [5.41, 5.74) is 4.31. The van der Waals surface area contributed by atoms with Crippen molar-refractivity contribution in [3.8, 4) is 0 Å². The van der Waals surface area contributed by atoms with Gasteiger partial charge in [0.2, 0.25) is 21.1 Å². The van der Waals surface area contributed by atoms with E-state index in [2.05, 4.69) is 115 Å². The molecule has 0 aliphatic heterocycles. The number of carbonyl (C=O) groups is 3. The molecule has 0 fully saturated rings. The fraction of sp³-hybridized carbons (Fsp3) is 0.761. The second-order valence-corrected chi connectivity index (χ2v) is 41.7. The summed E-state index contributed by atoms with van der Waals surface area (Å²) >= 11 is 27.7. The molecule has 79 heavy (non-hydrogen) atoms. The zero-order valence-electron chi connectivity index (χ0n) is 50.8. The van der Waals surface area contributed by atoms with Gasteiger partial charge in [-0.25, -0.2) is 14.9 Å². The van der Waals surface area contributed by atoms with Gasteiger partial charge in [0.05, 0.1) is 12.5 Å². The predicted molar refractivity (Wildman–Crippen MR) is 315 cm³/mol. The summed E-state index contributed by atoms with van der Waals surface area (Å²) in [5, 5.41) is 50.2. The Kier molecular flexibility index (Phi) is 42.0. The van der Waals surface area contributed by atoms with Crippen LogP contribution in [0.15, 0.2) is 12.7 Å². The first-order valence-electron chi connectivity index (χ1n) is 25.0. The number of rotatable bonds is 22. The number of ether oxygens (including phenoxy) is 5. The second kappa shape index (κ2) is 40.9. The van der Waals surface area contributed by atoms with Crippen molar-refractivity contribution in [1.82, 2.24) is 65.2 Å². The minimum Gasteiger partial charge on any atom is -1.00 e. The SMILES string of the molecule is C[C@@H](C=O)CC(=O)OC(C)(C)C.C[C@H](N)C(O)c1nc(Cl)n[nH]1.C[C@H](NC(=O)OC(C)(C)C)C(O)c1nnc(Cl)n1COCC[Si](C)(C)C.C[Si](C)(C)CCOCCl.C[Si](C)(C)CCOCn1cnnc1Cl.Clc1ncn[nH]1.[H-].[Na+]. The Labute approximate surface area is 518 Å². The largest absolute Gasteiger partial charge is 1.00 e. The molecule has 0 radical (unpaired) electrons. The molecule has 7 N–H and O–H groups in total. The van der Waals surface area contributed by atoms with Crippen LogP contribution in [-0.2, 0) is 46.7 Å². The molecule has 1 amide bonds. The van der Waals surface area contributed by atoms with E-state index in [-0.39, 0.29) is 78.5 Å². The molecule has 0 aliphatic rings. The molecule has 0 saturated heterocycles. The Morgan fingerprint density at radius 1 is 0.785 bits per heavy atom. The molecule has 0 aromatic carbocycles. The fourth-order valence-electron chi connectivity index (χ4n) is 4.78. The fourth-order valence-corrected chi connectivity index (χ4v) is 7.70. The van der Waals surface area contributed by atoms with Gasteiger partial charge >= 0.3 is 41.6 Å². The van der Waals surface area contributed by atoms with E-state index in [1.807, 2.05) is 0 Å². The third-order valence-corrected chi connectivity index (χ3v) is 15.3. The molecule has 0 bridgehead atoms. The van der Waals surface area contributed by atoms with Crippen LogP contribution in [0, 0.1) is 5.92 Å². The number of H-pyrrole nitrogens is 2. The monoisotopic (exact) mass is 1280 g/mol. The number of aromatic amines is 2. The van der Waals surface area contributed by atoms with Crippen molar-refractivity contribution in [3.63, 3.8) is 0 Å². The maximum absolute atomic E-state index is 11.9. The van der Waals surface area contributed by atoms with Gasteiger partial charge in [0.25, 0.3) is 0 Å². The Bertz CT molecular complexity index is 2230. The summed E-state index contributed by atoms with van der Waals surface area (Å²) in [6.07, 6.45) is 1.27. The first-order chi connectivity index (χ1) is 35.7. The average Bonchev–Trinajstić information content (AvgIpc) is 4.12. The van der Waals surface area contributed by atoms with Crippen LogP contribution in [0.1, 0.15) is 94.0 Å². The van der Waals surface area contributed by atoms with E-state index in [0.717, 1.165) is 31.6 Å². The maximum atomic E-state index is 11.9. The number of aliphatic hydroxyl groups is 2. The first kappa shape index (κ1) is 81.0. The number of nitrogens with zero attached hydrogens (tertiary/aromatic N) is 10. The zero-order valence-corrected chi connectivity index (χ0v) is 58.6. The maximum Gasteiger partial charge on any atom is 1.00 e. The molecular formula is C46H90Cl5N14NaO10Si3. The van der Waals surface area contributed by atoms with Crippen molar-refractivity contribution >= 4 is 101 Å². The number of carbonyl (C=O) groups excluding carboxylic acids is 3. The topological polar surface area (TPSA) is 320 Å². The van der Waals surface area contributed by atoms with E-state index in [9.17, 15) is 24.6 Å². The number of hydrogen-bond donors (Lipinski definition) is 6. The molecule has 33 heteroatoms. The van der Waals surface area contributed by atoms with E-state index in [0.29, 0.717) is 35.8 Å². The van der Waals surface area contributed by atoms with E-state index in [4.69, 9.17) is 87.4 Å². The van der Waals surface area contributed by atoms with E-state index >= 15 is 0 Å². The Hall–Kier alpha value is -2.17. The molecule has 4 rings (SSSR count). The van der Waals surface area contributed by atoms with Crippen LogP contribution in [0.4, 0.5) is 4.79 Å². The standard InChI is InChI=1S/C16H31ClN4O4Si.C9H16O3.C8H16ClN3OSi.C6H15ClOSi.C5H9ClN4O.C2H2ClN3.Na.H/c1-11(18-15(23)25-16(2,3)4)12(22)13-19-20-14(17)21(13)10-24-8-9-26(5,6)7;1-7(6-10)5-8(11)12-9(2,3)4;1-14(2,3)5-4-13-7-12-6-10-11-8(12)9;1-9(2,3)5-4-8-6-7;1-2(7)3(11)4-8-5(6)10-9-4;3-2-4-1-5-6-2;;/h11-12,22H,8-10H2,1-7H3,(H,18,23);6-7H,5H2,1-4H3;6H,4-5,7H2,1-3H3;4-6H2,1-3H3;2-3,11H,7H2,1H3,(H,8,9,10);1H,(H,4,5,6);;/q;;;;;;+1;-1/t11-,12?;7-;;;2-,3?;;;/m01..0.../s1. The molecule has 0 saturated carbocycles. The van der Waals surface area contributed by atoms with Crippen molar-refractivity contribution in [2.24, 2.45) is 11.7 Å². The number of esters is 1. The number of aliphatic hydroxyl groups excluding tert-OH is 2. The summed E-state index contributed by atoms with van der Waals surface area (Å²) in [4.78, 5) is 40.3. The summed E-state index contributed by atoms with van der Waals surface area (Å²) in [7, 11) is -3.06. The van der Waals surface area contributed by atoms with Crippen molar-refractivity contribution in [2.45, 2.75) is 195 Å². The second-order valence-electron chi connectivity index (χ2n) is 23.2. The minimum atomic E-state index is -1.19. The molecule has 4 aromatic rings. The first-order valence-corrected chi connectivity index (χ1v) is 38.2. The summed E-state index contributed by atoms with van der Waals surface area (Å²) in [6.45, 7) is 39.2. The van der Waals surface area contributed by atoms with Gasteiger partial charge in [0.1, 0.15) is 61.9 Å². The third-order valence-electron chi connectivity index (χ3n) is 9.08. The van der Waals surface area contributed by atoms with Crippen LogP contribution in [-0.4, -0.2) is 162 Å². The van der Waals surface area contributed by atoms with E-state index < -0.39 is 59.8 Å². The Morgan fingerprint density at radius 2 is 1.30 bits per heavy atom. The Balaban J connectivity index is -0.000000459. The molecule has 4 heterocycles. The van der Waals surface area contributed by atoms with Gasteiger partial charge in [-0.3, -0.25) is 19.0 Å². The smallest absolute Gasteiger partial charge is 1.00 e. The van der Waals surface area contributed by atoms with Gasteiger partial charge in [-0.15, -0.1) is 25.5 Å². The van der Waals surface area contributed by atoms with Gasteiger partial charge in [0.15, 0.2) is 11.6 Å². The zero-order chi connectivity index (χ0) is 60.7. The molecule has 5 atom stereocenters. The number of aldehydes is 1. The predicted octanol–water partition coefficient (Wildman–Crippen LogP) is 6.94. The number of alkyl halides is 1. The van der Waals surface area contributed by atoms with Crippen LogP contribution in [0.3, 0.4) is 0 Å². The average molecular weight is 1280 g/mol. The molecule has 0 spiro atoms. The van der Waals surface area contributed by atoms with Gasteiger partial charge in [-0.2, -0.15) is 10.1 Å². The number of aromatic nitrogens is 12. The van der Waals surface area contributed by atoms with Crippen molar-refractivity contribution in [3.05, 3.63) is 45.4 Å². The summed E-state index contributed by atoms with van der Waals surface area (Å²) < 4.78 is 29.5. The molecule has 2 unspecified atom stereocenters. The van der Waals surface area contributed by atoms with Crippen molar-refractivity contribution in [1.29, 1.82) is 0 Å². The number of amides is 1. The van der Waals surface area contributed by atoms with E-state index in [1.54, 1.807) is 73.2 Å². The molecular weight excluding hydrogens is 1190 g/mol. The number of hydrogen-bond acceptors (Lipinski definition) is 19. The van der Waals surface area contributed by atoms with E-state index in [1.165, 1.54) is 16.9 Å². The van der Waals surface area contributed by atoms with Crippen LogP contribution >= 0.6 is 58.0 Å². The Morgan fingerprint density at radius 3 is 1.68 bits per heavy atom. The van der Waals surface area contributed by atoms with Crippen molar-refractivity contribution < 1.29 is 79.3 Å². The number of nitrogens with one attached hydrogen (secondary N) is 3. The molecule has 452 valence electrons. The van der Waals surface area contributed by atoms with Crippen LogP contribution in [0.2, 0.25) is 98.2 Å². The minimum absolute atomic E-state index is 0. The number of halogens is 5. The summed E-state index contributed by atoms with van der Waals surface area (Å²) in [5.74, 6) is -0.0430. The number of nitrogens with two attached hydrogens (primary N) is 1. The third kappa shape index (κ3) is 46.0. The normalized spacial score (nSPS) is 13.4. The molecule has 0 aliphatic carbocycles. The van der Waals surface area contributed by atoms with Crippen molar-refractivity contribution in [2.75, 3.05) is 25.9 Å². The molecule has 4 aromatic heterocycles. The van der Waals surface area contributed by atoms with Crippen LogP contribution < -0.4 is 40.6 Å². The van der Waals surface area contributed by atoms with Gasteiger partial charge < -0.3 is 51.2 Å². The number of alkyl carbamates (subject to hydrolysis) is 1. The quantitative estimate of drug-likeness (QED) is 0.0153. The summed E-state index contributed by atoms with van der Waals surface area (Å²) in [6, 6.07) is 2.68. The molecule has 24 nitrogen and oxygen atoms in total. The van der Waals surface area contributed by atoms with Crippen LogP contribution in [0.25, 0.3) is 0 Å².